The van der Waals surface area contributed by atoms with E-state index in [-0.39, 0.29) is 5.54 Å². The third kappa shape index (κ3) is 2.53. The second-order valence-corrected chi connectivity index (χ2v) is 6.70. The van der Waals surface area contributed by atoms with Crippen molar-refractivity contribution < 1.29 is 0 Å². The van der Waals surface area contributed by atoms with Gasteiger partial charge < -0.3 is 15.5 Å². The van der Waals surface area contributed by atoms with E-state index in [2.05, 4.69) is 59.8 Å². The number of piperidine rings is 1. The van der Waals surface area contributed by atoms with Gasteiger partial charge in [-0.15, -0.1) is 0 Å². The highest BCUT2D eigenvalue weighted by Crippen LogP contribution is 2.37. The molecule has 4 heteroatoms. The molecule has 1 spiro atoms. The lowest BCUT2D eigenvalue weighted by atomic mass is 9.85. The van der Waals surface area contributed by atoms with Crippen molar-refractivity contribution in [1.29, 1.82) is 0 Å². The molecule has 0 bridgehead atoms. The van der Waals surface area contributed by atoms with Gasteiger partial charge in [0.1, 0.15) is 0 Å². The number of nitrogens with two attached hydrogens (primary N) is 1. The third-order valence-electron chi connectivity index (χ3n) is 4.96. The lowest BCUT2D eigenvalue weighted by Crippen LogP contribution is -2.58. The monoisotopic (exact) mass is 286 g/mol. The largest absolute Gasteiger partial charge is 0.369 e. The summed E-state index contributed by atoms with van der Waals surface area (Å²) in [6.07, 6.45) is 2.26. The van der Waals surface area contributed by atoms with Crippen LogP contribution in [0.15, 0.2) is 29.3 Å². The molecule has 1 aromatic carbocycles. The Bertz CT molecular complexity index is 541. The molecule has 1 fully saturated rings. The zero-order valence-corrected chi connectivity index (χ0v) is 13.3. The Kier molecular flexibility index (Phi) is 3.66. The molecule has 4 nitrogen and oxygen atoms in total. The summed E-state index contributed by atoms with van der Waals surface area (Å²) < 4.78 is 0. The van der Waals surface area contributed by atoms with Crippen LogP contribution < -0.4 is 10.6 Å². The lowest BCUT2D eigenvalue weighted by Gasteiger charge is -2.46. The molecule has 0 amide bonds. The van der Waals surface area contributed by atoms with Crippen LogP contribution in [0.25, 0.3) is 0 Å². The molecule has 0 radical (unpaired) electrons. The zero-order chi connectivity index (χ0) is 15.0. The first-order valence-electron chi connectivity index (χ1n) is 7.93. The number of rotatable bonds is 2. The lowest BCUT2D eigenvalue weighted by molar-refractivity contribution is 0.139. The second-order valence-electron chi connectivity index (χ2n) is 6.70. The van der Waals surface area contributed by atoms with Gasteiger partial charge in [-0.25, -0.2) is 0 Å². The molecule has 0 unspecified atom stereocenters. The van der Waals surface area contributed by atoms with Crippen LogP contribution in [0.2, 0.25) is 0 Å². The topological polar surface area (TPSA) is 44.9 Å². The van der Waals surface area contributed by atoms with E-state index in [1.807, 2.05) is 0 Å². The van der Waals surface area contributed by atoms with Gasteiger partial charge in [0.05, 0.1) is 12.1 Å². The first kappa shape index (κ1) is 14.4. The Hall–Kier alpha value is -1.55. The van der Waals surface area contributed by atoms with Gasteiger partial charge in [-0.3, -0.25) is 4.99 Å². The minimum Gasteiger partial charge on any atom is -0.369 e. The van der Waals surface area contributed by atoms with Crippen molar-refractivity contribution in [3.05, 3.63) is 29.8 Å². The third-order valence-corrected chi connectivity index (χ3v) is 4.96. The predicted octanol–water partition coefficient (Wildman–Crippen LogP) is 2.37. The SMILES string of the molecule is Cc1cccc(N2C(N)=NCC23CCN(C(C)C)CC3)c1. The highest BCUT2D eigenvalue weighted by Gasteiger charge is 2.45. The van der Waals surface area contributed by atoms with Crippen LogP contribution in [-0.4, -0.2) is 42.1 Å². The summed E-state index contributed by atoms with van der Waals surface area (Å²) in [6, 6.07) is 9.21. The maximum atomic E-state index is 6.22. The molecule has 114 valence electrons. The van der Waals surface area contributed by atoms with E-state index in [4.69, 9.17) is 5.73 Å². The van der Waals surface area contributed by atoms with Crippen LogP contribution in [-0.2, 0) is 0 Å². The highest BCUT2D eigenvalue weighted by atomic mass is 15.4. The van der Waals surface area contributed by atoms with Crippen molar-refractivity contribution >= 4 is 11.6 Å². The first-order valence-corrected chi connectivity index (χ1v) is 7.93. The van der Waals surface area contributed by atoms with E-state index in [9.17, 15) is 0 Å². The standard InChI is InChI=1S/C17H26N4/c1-13(2)20-9-7-17(8-10-20)12-19-16(18)21(17)15-6-4-5-14(3)11-15/h4-6,11,13H,7-10,12H2,1-3H3,(H2,18,19). The maximum absolute atomic E-state index is 6.22. The van der Waals surface area contributed by atoms with Gasteiger partial charge in [0.15, 0.2) is 5.96 Å². The molecule has 2 aliphatic heterocycles. The number of aryl methyl sites for hydroxylation is 1. The molecule has 1 aromatic rings. The van der Waals surface area contributed by atoms with Crippen molar-refractivity contribution in [2.45, 2.75) is 45.2 Å². The van der Waals surface area contributed by atoms with Gasteiger partial charge in [0.2, 0.25) is 0 Å². The van der Waals surface area contributed by atoms with Crippen LogP contribution in [0.3, 0.4) is 0 Å². The van der Waals surface area contributed by atoms with Gasteiger partial charge >= 0.3 is 0 Å². The van der Waals surface area contributed by atoms with Gasteiger partial charge in [-0.05, 0) is 51.3 Å². The van der Waals surface area contributed by atoms with E-state index in [1.54, 1.807) is 0 Å². The van der Waals surface area contributed by atoms with E-state index in [0.29, 0.717) is 12.0 Å². The average molecular weight is 286 g/mol. The van der Waals surface area contributed by atoms with Gasteiger partial charge in [-0.2, -0.15) is 0 Å². The molecule has 3 rings (SSSR count). The number of hydrogen-bond donors (Lipinski definition) is 1. The van der Waals surface area contributed by atoms with Crippen molar-refractivity contribution in [1.82, 2.24) is 4.90 Å². The molecular weight excluding hydrogens is 260 g/mol. The average Bonchev–Trinajstić information content (AvgIpc) is 2.76. The van der Waals surface area contributed by atoms with E-state index < -0.39 is 0 Å². The summed E-state index contributed by atoms with van der Waals surface area (Å²) in [5, 5.41) is 0. The minimum absolute atomic E-state index is 0.0866. The Morgan fingerprint density at radius 2 is 1.95 bits per heavy atom. The molecular formula is C17H26N4. The van der Waals surface area contributed by atoms with Gasteiger partial charge in [-0.1, -0.05) is 12.1 Å². The fourth-order valence-corrected chi connectivity index (χ4v) is 3.62. The second kappa shape index (κ2) is 5.34. The Morgan fingerprint density at radius 1 is 1.24 bits per heavy atom. The van der Waals surface area contributed by atoms with Crippen molar-refractivity contribution in [2.75, 3.05) is 24.5 Å². The van der Waals surface area contributed by atoms with Crippen molar-refractivity contribution in [3.8, 4) is 0 Å². The zero-order valence-electron chi connectivity index (χ0n) is 13.3. The molecule has 2 heterocycles. The van der Waals surface area contributed by atoms with E-state index in [0.717, 1.165) is 32.5 Å². The molecule has 2 aliphatic rings. The van der Waals surface area contributed by atoms with Gasteiger partial charge in [0.25, 0.3) is 0 Å². The quantitative estimate of drug-likeness (QED) is 0.908. The summed E-state index contributed by atoms with van der Waals surface area (Å²) in [6.45, 7) is 9.76. The van der Waals surface area contributed by atoms with Crippen molar-refractivity contribution in [3.63, 3.8) is 0 Å². The number of anilines is 1. The number of guanidine groups is 1. The Labute approximate surface area is 127 Å². The molecule has 1 saturated heterocycles. The van der Waals surface area contributed by atoms with Crippen LogP contribution in [0, 0.1) is 6.92 Å². The van der Waals surface area contributed by atoms with Crippen molar-refractivity contribution in [2.24, 2.45) is 10.7 Å². The number of hydrogen-bond acceptors (Lipinski definition) is 4. The molecule has 21 heavy (non-hydrogen) atoms. The van der Waals surface area contributed by atoms with Crippen LogP contribution in [0.1, 0.15) is 32.3 Å². The highest BCUT2D eigenvalue weighted by molar-refractivity contribution is 5.98. The van der Waals surface area contributed by atoms with E-state index >= 15 is 0 Å². The number of aliphatic imine (C=N–C) groups is 1. The number of benzene rings is 1. The number of nitrogens with zero attached hydrogens (tertiary/aromatic N) is 3. The predicted molar refractivity (Wildman–Crippen MR) is 88.8 cm³/mol. The molecule has 0 aromatic heterocycles. The van der Waals surface area contributed by atoms with E-state index in [1.165, 1.54) is 11.3 Å². The smallest absolute Gasteiger partial charge is 0.196 e. The number of likely N-dealkylation sites (tertiary alicyclic amines) is 1. The maximum Gasteiger partial charge on any atom is 0.196 e. The summed E-state index contributed by atoms with van der Waals surface area (Å²) in [7, 11) is 0. The first-order chi connectivity index (χ1) is 10.0. The minimum atomic E-state index is 0.0866. The Balaban J connectivity index is 1.86. The molecule has 2 N–H and O–H groups in total. The fourth-order valence-electron chi connectivity index (χ4n) is 3.62. The fraction of sp³-hybridized carbons (Fsp3) is 0.588. The summed E-state index contributed by atoms with van der Waals surface area (Å²) >= 11 is 0. The van der Waals surface area contributed by atoms with Crippen LogP contribution in [0.4, 0.5) is 5.69 Å². The van der Waals surface area contributed by atoms with Crippen LogP contribution in [0.5, 0.6) is 0 Å². The summed E-state index contributed by atoms with van der Waals surface area (Å²) in [5.41, 5.74) is 8.76. The molecule has 0 atom stereocenters. The normalized spacial score (nSPS) is 22.1. The molecule has 0 saturated carbocycles. The van der Waals surface area contributed by atoms with Crippen LogP contribution >= 0.6 is 0 Å². The Morgan fingerprint density at radius 3 is 2.57 bits per heavy atom. The molecule has 0 aliphatic carbocycles. The summed E-state index contributed by atoms with van der Waals surface area (Å²) in [4.78, 5) is 9.41. The summed E-state index contributed by atoms with van der Waals surface area (Å²) in [5.74, 6) is 0.679. The van der Waals surface area contributed by atoms with Gasteiger partial charge in [0, 0.05) is 24.8 Å².